The van der Waals surface area contributed by atoms with Gasteiger partial charge < -0.3 is 4.57 Å². The lowest BCUT2D eigenvalue weighted by Crippen LogP contribution is -2.31. The molecular formula is C16H14ClFN4O2S. The van der Waals surface area contributed by atoms with Gasteiger partial charge in [-0.25, -0.2) is 22.8 Å². The second kappa shape index (κ2) is 6.91. The summed E-state index contributed by atoms with van der Waals surface area (Å²) in [6.45, 7) is 0. The van der Waals surface area contributed by atoms with Gasteiger partial charge in [-0.3, -0.25) is 0 Å². The molecule has 0 aliphatic heterocycles. The van der Waals surface area contributed by atoms with Gasteiger partial charge in [0.15, 0.2) is 0 Å². The summed E-state index contributed by atoms with van der Waals surface area (Å²) in [5, 5.41) is 0.185. The Bertz CT molecular complexity index is 989. The van der Waals surface area contributed by atoms with E-state index in [0.29, 0.717) is 11.4 Å². The number of pyridine rings is 1. The smallest absolute Gasteiger partial charge is 0.243 e. The maximum absolute atomic E-state index is 13.6. The fourth-order valence-corrected chi connectivity index (χ4v) is 3.59. The van der Waals surface area contributed by atoms with Crippen LogP contribution >= 0.6 is 11.6 Å². The van der Waals surface area contributed by atoms with Crippen molar-refractivity contribution in [1.82, 2.24) is 19.3 Å². The van der Waals surface area contributed by atoms with Crippen molar-refractivity contribution in [3.63, 3.8) is 0 Å². The Balaban J connectivity index is 2.03. The standard InChI is InChI=1S/C16H14ClFN4O2S/c1-22-8-7-19-16(22)15(11-3-2-4-12(18)9-11)21-25(23,24)13-5-6-14(17)20-10-13/h2-10,15,21H,1H3. The largest absolute Gasteiger partial charge is 0.336 e. The molecule has 0 saturated carbocycles. The highest BCUT2D eigenvalue weighted by Crippen LogP contribution is 2.24. The van der Waals surface area contributed by atoms with E-state index in [4.69, 9.17) is 11.6 Å². The topological polar surface area (TPSA) is 76.9 Å². The van der Waals surface area contributed by atoms with Crippen LogP contribution in [0.1, 0.15) is 17.4 Å². The molecule has 0 aliphatic rings. The van der Waals surface area contributed by atoms with Gasteiger partial charge >= 0.3 is 0 Å². The van der Waals surface area contributed by atoms with Crippen LogP contribution in [0.15, 0.2) is 59.9 Å². The third-order valence-electron chi connectivity index (χ3n) is 3.58. The first-order chi connectivity index (χ1) is 11.9. The lowest BCUT2D eigenvalue weighted by atomic mass is 10.1. The first-order valence-corrected chi connectivity index (χ1v) is 9.09. The second-order valence-electron chi connectivity index (χ2n) is 5.32. The molecule has 9 heteroatoms. The molecule has 1 N–H and O–H groups in total. The molecule has 2 aromatic heterocycles. The number of hydrogen-bond acceptors (Lipinski definition) is 4. The minimum Gasteiger partial charge on any atom is -0.336 e. The summed E-state index contributed by atoms with van der Waals surface area (Å²) in [7, 11) is -2.20. The normalized spacial score (nSPS) is 12.9. The summed E-state index contributed by atoms with van der Waals surface area (Å²) < 4.78 is 43.2. The molecule has 130 valence electrons. The number of rotatable bonds is 5. The number of nitrogens with one attached hydrogen (secondary N) is 1. The van der Waals surface area contributed by atoms with Crippen molar-refractivity contribution in [3.8, 4) is 0 Å². The van der Waals surface area contributed by atoms with Crippen LogP contribution in [-0.4, -0.2) is 23.0 Å². The third kappa shape index (κ3) is 3.87. The summed E-state index contributed by atoms with van der Waals surface area (Å²) in [6, 6.07) is 7.56. The molecule has 0 spiro atoms. The van der Waals surface area contributed by atoms with Crippen molar-refractivity contribution in [1.29, 1.82) is 0 Å². The summed E-state index contributed by atoms with van der Waals surface area (Å²) in [4.78, 5) is 7.93. The van der Waals surface area contributed by atoms with Gasteiger partial charge in [0.25, 0.3) is 0 Å². The van der Waals surface area contributed by atoms with Gasteiger partial charge in [0.05, 0.1) is 0 Å². The molecule has 1 atom stereocenters. The molecule has 3 aromatic rings. The van der Waals surface area contributed by atoms with E-state index in [-0.39, 0.29) is 10.0 Å². The van der Waals surface area contributed by atoms with Gasteiger partial charge in [-0.2, -0.15) is 4.72 Å². The fraction of sp³-hybridized carbons (Fsp3) is 0.125. The summed E-state index contributed by atoms with van der Waals surface area (Å²) in [6.07, 6.45) is 4.38. The molecule has 0 aliphatic carbocycles. The monoisotopic (exact) mass is 380 g/mol. The third-order valence-corrected chi connectivity index (χ3v) is 5.21. The Labute approximate surface area is 149 Å². The van der Waals surface area contributed by atoms with E-state index in [0.717, 1.165) is 6.20 Å². The van der Waals surface area contributed by atoms with Crippen LogP contribution in [0.4, 0.5) is 4.39 Å². The molecule has 0 radical (unpaired) electrons. The molecule has 25 heavy (non-hydrogen) atoms. The van der Waals surface area contributed by atoms with Gasteiger partial charge in [0.2, 0.25) is 10.0 Å². The maximum atomic E-state index is 13.6. The molecule has 0 saturated heterocycles. The predicted molar refractivity (Wildman–Crippen MR) is 91.0 cm³/mol. The van der Waals surface area contributed by atoms with Gasteiger partial charge in [-0.05, 0) is 29.8 Å². The molecule has 1 aromatic carbocycles. The predicted octanol–water partition coefficient (Wildman–Crippen LogP) is 2.68. The highest BCUT2D eigenvalue weighted by molar-refractivity contribution is 7.89. The van der Waals surface area contributed by atoms with Crippen LogP contribution in [0.2, 0.25) is 5.15 Å². The van der Waals surface area contributed by atoms with Gasteiger partial charge in [0.1, 0.15) is 27.7 Å². The van der Waals surface area contributed by atoms with Crippen molar-refractivity contribution in [3.05, 3.63) is 77.3 Å². The second-order valence-corrected chi connectivity index (χ2v) is 7.42. The molecule has 0 amide bonds. The highest BCUT2D eigenvalue weighted by Gasteiger charge is 2.26. The summed E-state index contributed by atoms with van der Waals surface area (Å²) in [5.74, 6) is -0.0415. The van der Waals surface area contributed by atoms with Crippen molar-refractivity contribution < 1.29 is 12.8 Å². The van der Waals surface area contributed by atoms with Crippen molar-refractivity contribution in [2.75, 3.05) is 0 Å². The van der Waals surface area contributed by atoms with Crippen LogP contribution in [0.5, 0.6) is 0 Å². The number of hydrogen-bond donors (Lipinski definition) is 1. The molecule has 3 rings (SSSR count). The average Bonchev–Trinajstić information content (AvgIpc) is 2.99. The van der Waals surface area contributed by atoms with Gasteiger partial charge in [0, 0.05) is 25.6 Å². The van der Waals surface area contributed by atoms with Crippen LogP contribution in [0, 0.1) is 5.82 Å². The summed E-state index contributed by atoms with van der Waals surface area (Å²) in [5.41, 5.74) is 0.430. The number of benzene rings is 1. The number of imidazole rings is 1. The molecule has 0 bridgehead atoms. The Morgan fingerprint density at radius 2 is 2.04 bits per heavy atom. The molecule has 2 heterocycles. The van der Waals surface area contributed by atoms with Crippen LogP contribution in [0.25, 0.3) is 0 Å². The molecule has 1 unspecified atom stereocenters. The van der Waals surface area contributed by atoms with E-state index in [1.807, 2.05) is 0 Å². The van der Waals surface area contributed by atoms with Crippen LogP contribution in [0.3, 0.4) is 0 Å². The minimum atomic E-state index is -3.93. The Kier molecular flexibility index (Phi) is 4.85. The van der Waals surface area contributed by atoms with E-state index >= 15 is 0 Å². The zero-order chi connectivity index (χ0) is 18.0. The number of aryl methyl sites for hydroxylation is 1. The number of nitrogens with zero attached hydrogens (tertiary/aromatic N) is 3. The van der Waals surface area contributed by atoms with E-state index in [2.05, 4.69) is 14.7 Å². The van der Waals surface area contributed by atoms with E-state index in [1.165, 1.54) is 30.3 Å². The number of halogens is 2. The zero-order valence-corrected chi connectivity index (χ0v) is 14.7. The first kappa shape index (κ1) is 17.5. The Morgan fingerprint density at radius 1 is 1.24 bits per heavy atom. The van der Waals surface area contributed by atoms with Crippen molar-refractivity contribution in [2.45, 2.75) is 10.9 Å². The maximum Gasteiger partial charge on any atom is 0.243 e. The number of aromatic nitrogens is 3. The quantitative estimate of drug-likeness (QED) is 0.690. The van der Waals surface area contributed by atoms with Crippen LogP contribution in [-0.2, 0) is 17.1 Å². The van der Waals surface area contributed by atoms with Crippen molar-refractivity contribution in [2.24, 2.45) is 7.05 Å². The van der Waals surface area contributed by atoms with E-state index in [9.17, 15) is 12.8 Å². The lowest BCUT2D eigenvalue weighted by molar-refractivity contribution is 0.560. The number of sulfonamides is 1. The van der Waals surface area contributed by atoms with Crippen molar-refractivity contribution >= 4 is 21.6 Å². The molecule has 0 fully saturated rings. The zero-order valence-electron chi connectivity index (χ0n) is 13.1. The van der Waals surface area contributed by atoms with Gasteiger partial charge in [-0.1, -0.05) is 23.7 Å². The highest BCUT2D eigenvalue weighted by atomic mass is 35.5. The Morgan fingerprint density at radius 3 is 2.64 bits per heavy atom. The summed E-state index contributed by atoms with van der Waals surface area (Å²) >= 11 is 5.70. The Hall–Kier alpha value is -2.29. The van der Waals surface area contributed by atoms with E-state index < -0.39 is 21.9 Å². The van der Waals surface area contributed by atoms with E-state index in [1.54, 1.807) is 30.1 Å². The van der Waals surface area contributed by atoms with Gasteiger partial charge in [-0.15, -0.1) is 0 Å². The fourth-order valence-electron chi connectivity index (χ4n) is 2.36. The lowest BCUT2D eigenvalue weighted by Gasteiger charge is -2.19. The van der Waals surface area contributed by atoms with Crippen LogP contribution < -0.4 is 4.72 Å². The average molecular weight is 381 g/mol. The first-order valence-electron chi connectivity index (χ1n) is 7.23. The minimum absolute atomic E-state index is 0.0486. The molecular weight excluding hydrogens is 367 g/mol. The SMILES string of the molecule is Cn1ccnc1C(NS(=O)(=O)c1ccc(Cl)nc1)c1cccc(F)c1. The molecule has 6 nitrogen and oxygen atoms in total.